The molecule has 0 spiro atoms. The first kappa shape index (κ1) is 13.8. The van der Waals surface area contributed by atoms with Gasteiger partial charge >= 0.3 is 5.97 Å². The number of carbonyl (C=O) groups excluding carboxylic acids is 1. The van der Waals surface area contributed by atoms with Crippen LogP contribution in [0.5, 0.6) is 0 Å². The van der Waals surface area contributed by atoms with E-state index >= 15 is 0 Å². The molecule has 0 amide bonds. The molecule has 5 nitrogen and oxygen atoms in total. The molecule has 2 unspecified atom stereocenters. The zero-order chi connectivity index (χ0) is 13.7. The summed E-state index contributed by atoms with van der Waals surface area (Å²) in [6.45, 7) is 2.23. The van der Waals surface area contributed by atoms with E-state index in [0.717, 1.165) is 5.82 Å². The normalized spacial score (nSPS) is 22.8. The van der Waals surface area contributed by atoms with Crippen molar-refractivity contribution in [1.82, 2.24) is 10.2 Å². The summed E-state index contributed by atoms with van der Waals surface area (Å²) < 4.78 is 4.60. The minimum atomic E-state index is -0.455. The Kier molecular flexibility index (Phi) is 4.71. The van der Waals surface area contributed by atoms with Crippen molar-refractivity contribution in [2.45, 2.75) is 45.1 Å². The summed E-state index contributed by atoms with van der Waals surface area (Å²) in [4.78, 5) is 11.3. The van der Waals surface area contributed by atoms with E-state index in [-0.39, 0.29) is 5.69 Å². The Morgan fingerprint density at radius 1 is 1.37 bits per heavy atom. The zero-order valence-corrected chi connectivity index (χ0v) is 11.6. The molecule has 0 radical (unpaired) electrons. The summed E-state index contributed by atoms with van der Waals surface area (Å²) >= 11 is 0. The molecule has 1 aromatic rings. The Morgan fingerprint density at radius 3 is 2.79 bits per heavy atom. The van der Waals surface area contributed by atoms with Crippen molar-refractivity contribution >= 4 is 11.8 Å². The number of carbonyl (C=O) groups is 1. The molecule has 1 aliphatic rings. The third-order valence-corrected chi connectivity index (χ3v) is 3.83. The molecule has 1 fully saturated rings. The second-order valence-electron chi connectivity index (χ2n) is 5.00. The highest BCUT2D eigenvalue weighted by molar-refractivity contribution is 5.86. The molecule has 1 heterocycles. The lowest BCUT2D eigenvalue weighted by Gasteiger charge is -2.31. The van der Waals surface area contributed by atoms with Gasteiger partial charge in [0.15, 0.2) is 5.69 Å². The van der Waals surface area contributed by atoms with Crippen molar-refractivity contribution in [3.05, 3.63) is 17.8 Å². The molecule has 1 N–H and O–H groups in total. The molecule has 0 bridgehead atoms. The van der Waals surface area contributed by atoms with Gasteiger partial charge in [-0.05, 0) is 30.9 Å². The van der Waals surface area contributed by atoms with Gasteiger partial charge < -0.3 is 10.1 Å². The Morgan fingerprint density at radius 2 is 2.16 bits per heavy atom. The molecular formula is C14H21N3O2. The molecule has 2 rings (SSSR count). The molecule has 104 valence electrons. The number of hydrogen-bond donors (Lipinski definition) is 1. The van der Waals surface area contributed by atoms with Gasteiger partial charge in [-0.2, -0.15) is 0 Å². The highest BCUT2D eigenvalue weighted by atomic mass is 16.5. The average Bonchev–Trinajstić information content (AvgIpc) is 2.48. The van der Waals surface area contributed by atoms with E-state index in [4.69, 9.17) is 0 Å². The zero-order valence-electron chi connectivity index (χ0n) is 11.6. The smallest absolute Gasteiger partial charge is 0.358 e. The van der Waals surface area contributed by atoms with Gasteiger partial charge in [0.2, 0.25) is 0 Å². The number of hydrogen-bond acceptors (Lipinski definition) is 5. The fraction of sp³-hybridized carbons (Fsp3) is 0.643. The molecule has 1 aliphatic carbocycles. The third kappa shape index (κ3) is 3.43. The van der Waals surface area contributed by atoms with E-state index < -0.39 is 5.97 Å². The average molecular weight is 263 g/mol. The van der Waals surface area contributed by atoms with Gasteiger partial charge in [-0.15, -0.1) is 10.2 Å². The lowest BCUT2D eigenvalue weighted by atomic mass is 9.83. The number of aromatic nitrogens is 2. The van der Waals surface area contributed by atoms with Gasteiger partial charge in [-0.1, -0.05) is 26.2 Å². The second kappa shape index (κ2) is 6.50. The molecule has 1 aromatic heterocycles. The van der Waals surface area contributed by atoms with Crippen LogP contribution in [-0.4, -0.2) is 29.3 Å². The summed E-state index contributed by atoms with van der Waals surface area (Å²) in [5.74, 6) is 0.983. The van der Waals surface area contributed by atoms with Crippen molar-refractivity contribution in [3.63, 3.8) is 0 Å². The number of ether oxygens (including phenoxy) is 1. The van der Waals surface area contributed by atoms with Crippen LogP contribution in [0.4, 0.5) is 5.82 Å². The summed E-state index contributed by atoms with van der Waals surface area (Å²) in [7, 11) is 1.34. The van der Waals surface area contributed by atoms with E-state index in [9.17, 15) is 4.79 Å². The number of nitrogens with zero attached hydrogens (tertiary/aromatic N) is 2. The van der Waals surface area contributed by atoms with Crippen LogP contribution in [0.2, 0.25) is 0 Å². The highest BCUT2D eigenvalue weighted by Crippen LogP contribution is 2.28. The van der Waals surface area contributed by atoms with E-state index in [1.165, 1.54) is 39.2 Å². The van der Waals surface area contributed by atoms with E-state index in [1.54, 1.807) is 12.1 Å². The Hall–Kier alpha value is -1.65. The number of methoxy groups -OCH3 is 1. The highest BCUT2D eigenvalue weighted by Gasteiger charge is 2.23. The predicted molar refractivity (Wildman–Crippen MR) is 73.0 cm³/mol. The van der Waals surface area contributed by atoms with E-state index in [1.807, 2.05) is 0 Å². The Bertz CT molecular complexity index is 419. The monoisotopic (exact) mass is 263 g/mol. The third-order valence-electron chi connectivity index (χ3n) is 3.83. The molecular weight excluding hydrogens is 242 g/mol. The summed E-state index contributed by atoms with van der Waals surface area (Å²) in [6, 6.07) is 3.91. The Labute approximate surface area is 113 Å². The van der Waals surface area contributed by atoms with Crippen molar-refractivity contribution in [3.8, 4) is 0 Å². The molecule has 2 atom stereocenters. The van der Waals surface area contributed by atoms with Crippen LogP contribution >= 0.6 is 0 Å². The lowest BCUT2D eigenvalue weighted by Crippen LogP contribution is -2.32. The number of esters is 1. The molecule has 19 heavy (non-hydrogen) atoms. The number of rotatable bonds is 4. The van der Waals surface area contributed by atoms with Crippen LogP contribution in [0.15, 0.2) is 12.1 Å². The maximum Gasteiger partial charge on any atom is 0.358 e. The van der Waals surface area contributed by atoms with Crippen molar-refractivity contribution in [1.29, 1.82) is 0 Å². The van der Waals surface area contributed by atoms with Crippen molar-refractivity contribution in [2.24, 2.45) is 5.92 Å². The van der Waals surface area contributed by atoms with Crippen LogP contribution in [-0.2, 0) is 4.74 Å². The maximum absolute atomic E-state index is 11.3. The fourth-order valence-corrected chi connectivity index (χ4v) is 2.70. The van der Waals surface area contributed by atoms with Crippen molar-refractivity contribution in [2.75, 3.05) is 12.4 Å². The minimum absolute atomic E-state index is 0.240. The number of anilines is 1. The molecule has 5 heteroatoms. The fourth-order valence-electron chi connectivity index (χ4n) is 2.70. The van der Waals surface area contributed by atoms with Gasteiger partial charge in [-0.3, -0.25) is 0 Å². The van der Waals surface area contributed by atoms with Crippen LogP contribution in [0, 0.1) is 5.92 Å². The first-order chi connectivity index (χ1) is 9.24. The van der Waals surface area contributed by atoms with Gasteiger partial charge in [0, 0.05) is 6.04 Å². The first-order valence-corrected chi connectivity index (χ1v) is 6.93. The Balaban J connectivity index is 2.00. The lowest BCUT2D eigenvalue weighted by molar-refractivity contribution is 0.0593. The van der Waals surface area contributed by atoms with Crippen molar-refractivity contribution < 1.29 is 9.53 Å². The first-order valence-electron chi connectivity index (χ1n) is 6.93. The van der Waals surface area contributed by atoms with Crippen LogP contribution in [0.3, 0.4) is 0 Å². The van der Waals surface area contributed by atoms with E-state index in [0.29, 0.717) is 12.0 Å². The topological polar surface area (TPSA) is 64.1 Å². The standard InChI is InChI=1S/C14H21N3O2/c1-3-10-6-4-5-7-11(10)15-13-9-8-12(16-17-13)14(18)19-2/h8-11H,3-7H2,1-2H3,(H,15,17). The molecule has 0 saturated heterocycles. The van der Waals surface area contributed by atoms with Crippen LogP contribution in [0.1, 0.15) is 49.5 Å². The van der Waals surface area contributed by atoms with E-state index in [2.05, 4.69) is 27.2 Å². The molecule has 0 aliphatic heterocycles. The number of nitrogens with one attached hydrogen (secondary N) is 1. The van der Waals surface area contributed by atoms with Gasteiger partial charge in [0.25, 0.3) is 0 Å². The second-order valence-corrected chi connectivity index (χ2v) is 5.00. The van der Waals surface area contributed by atoms with Gasteiger partial charge in [0.05, 0.1) is 7.11 Å². The minimum Gasteiger partial charge on any atom is -0.464 e. The SMILES string of the molecule is CCC1CCCCC1Nc1ccc(C(=O)OC)nn1. The largest absolute Gasteiger partial charge is 0.464 e. The van der Waals surface area contributed by atoms with Crippen LogP contribution in [0.25, 0.3) is 0 Å². The summed E-state index contributed by atoms with van der Waals surface area (Å²) in [5.41, 5.74) is 0.240. The van der Waals surface area contributed by atoms with Crippen LogP contribution < -0.4 is 5.32 Å². The maximum atomic E-state index is 11.3. The summed E-state index contributed by atoms with van der Waals surface area (Å²) in [5, 5.41) is 11.4. The van der Waals surface area contributed by atoms with Gasteiger partial charge in [-0.25, -0.2) is 4.79 Å². The quantitative estimate of drug-likeness (QED) is 0.846. The predicted octanol–water partition coefficient (Wildman–Crippen LogP) is 2.64. The molecule has 1 saturated carbocycles. The van der Waals surface area contributed by atoms with Gasteiger partial charge in [0.1, 0.15) is 5.82 Å². The summed E-state index contributed by atoms with van der Waals surface area (Å²) in [6.07, 6.45) is 6.23. The molecule has 0 aromatic carbocycles.